The molecule has 0 heterocycles. The number of halogens is 1. The number of carbonyl (C=O) groups excluding carboxylic acids is 2. The molecule has 0 bridgehead atoms. The SMILES string of the molecule is CCNC(=O)C(C)N(CCc1ccccc1)C(=O)CN(c1cccc(Br)c1)S(C)(=O)=O. The maximum Gasteiger partial charge on any atom is 0.244 e. The van der Waals surface area contributed by atoms with E-state index < -0.39 is 28.5 Å². The van der Waals surface area contributed by atoms with Gasteiger partial charge in [-0.15, -0.1) is 0 Å². The Bertz CT molecular complexity index is 999. The van der Waals surface area contributed by atoms with Gasteiger partial charge in [0.15, 0.2) is 0 Å². The zero-order valence-corrected chi connectivity index (χ0v) is 20.3. The number of carbonyl (C=O) groups is 2. The predicted molar refractivity (Wildman–Crippen MR) is 126 cm³/mol. The number of likely N-dealkylation sites (N-methyl/N-ethyl adjacent to an activating group) is 1. The number of nitrogens with one attached hydrogen (secondary N) is 1. The summed E-state index contributed by atoms with van der Waals surface area (Å²) in [5.41, 5.74) is 1.40. The summed E-state index contributed by atoms with van der Waals surface area (Å²) in [5.74, 6) is -0.725. The fraction of sp³-hybridized carbons (Fsp3) is 0.364. The standard InChI is InChI=1S/C22H28BrN3O4S/c1-4-24-22(28)17(2)25(14-13-18-9-6-5-7-10-18)21(27)16-26(31(3,29)30)20-12-8-11-19(23)15-20/h5-12,15,17H,4,13-14,16H2,1-3H3,(H,24,28). The predicted octanol–water partition coefficient (Wildman–Crippen LogP) is 2.81. The van der Waals surface area contributed by atoms with E-state index in [2.05, 4.69) is 21.2 Å². The lowest BCUT2D eigenvalue weighted by molar-refractivity contribution is -0.138. The van der Waals surface area contributed by atoms with Crippen LogP contribution in [0, 0.1) is 0 Å². The van der Waals surface area contributed by atoms with Gasteiger partial charge in [0.25, 0.3) is 0 Å². The Hall–Kier alpha value is -2.39. The summed E-state index contributed by atoms with van der Waals surface area (Å²) < 4.78 is 26.6. The van der Waals surface area contributed by atoms with Crippen LogP contribution in [0.1, 0.15) is 19.4 Å². The van der Waals surface area contributed by atoms with Gasteiger partial charge in [-0.3, -0.25) is 13.9 Å². The third-order valence-corrected chi connectivity index (χ3v) is 6.41. The first-order valence-electron chi connectivity index (χ1n) is 9.98. The van der Waals surface area contributed by atoms with Crippen LogP contribution in [0.15, 0.2) is 59.1 Å². The van der Waals surface area contributed by atoms with Gasteiger partial charge in [-0.2, -0.15) is 0 Å². The zero-order chi connectivity index (χ0) is 23.0. The van der Waals surface area contributed by atoms with Crippen LogP contribution in [0.3, 0.4) is 0 Å². The van der Waals surface area contributed by atoms with Crippen LogP contribution in [-0.2, 0) is 26.0 Å². The molecule has 2 rings (SSSR count). The van der Waals surface area contributed by atoms with Crippen LogP contribution >= 0.6 is 15.9 Å². The van der Waals surface area contributed by atoms with E-state index in [9.17, 15) is 18.0 Å². The van der Waals surface area contributed by atoms with E-state index in [0.717, 1.165) is 16.1 Å². The summed E-state index contributed by atoms with van der Waals surface area (Å²) >= 11 is 3.33. The van der Waals surface area contributed by atoms with E-state index in [-0.39, 0.29) is 12.5 Å². The van der Waals surface area contributed by atoms with Gasteiger partial charge >= 0.3 is 0 Å². The number of hydrogen-bond donors (Lipinski definition) is 1. The number of nitrogens with zero attached hydrogens (tertiary/aromatic N) is 2. The Balaban J connectivity index is 2.29. The van der Waals surface area contributed by atoms with Crippen LogP contribution in [0.2, 0.25) is 0 Å². The summed E-state index contributed by atoms with van der Waals surface area (Å²) in [6.07, 6.45) is 1.61. The molecular formula is C22H28BrN3O4S. The summed E-state index contributed by atoms with van der Waals surface area (Å²) in [5, 5.41) is 2.73. The molecule has 31 heavy (non-hydrogen) atoms. The minimum atomic E-state index is -3.72. The van der Waals surface area contributed by atoms with Gasteiger partial charge in [0.05, 0.1) is 11.9 Å². The fourth-order valence-corrected chi connectivity index (χ4v) is 4.37. The Kier molecular flexibility index (Phi) is 9.06. The van der Waals surface area contributed by atoms with Crippen molar-refractivity contribution in [2.75, 3.05) is 30.2 Å². The number of sulfonamides is 1. The van der Waals surface area contributed by atoms with E-state index in [4.69, 9.17) is 0 Å². The molecule has 2 amide bonds. The lowest BCUT2D eigenvalue weighted by atomic mass is 10.1. The van der Waals surface area contributed by atoms with Crippen molar-refractivity contribution in [1.82, 2.24) is 10.2 Å². The van der Waals surface area contributed by atoms with Crippen molar-refractivity contribution >= 4 is 43.5 Å². The Morgan fingerprint density at radius 1 is 1.10 bits per heavy atom. The van der Waals surface area contributed by atoms with E-state index in [1.165, 1.54) is 4.90 Å². The monoisotopic (exact) mass is 509 g/mol. The number of hydrogen-bond acceptors (Lipinski definition) is 4. The molecular weight excluding hydrogens is 482 g/mol. The minimum absolute atomic E-state index is 0.280. The molecule has 7 nitrogen and oxygen atoms in total. The molecule has 0 radical (unpaired) electrons. The quantitative estimate of drug-likeness (QED) is 0.533. The molecule has 168 valence electrons. The fourth-order valence-electron chi connectivity index (χ4n) is 3.14. The zero-order valence-electron chi connectivity index (χ0n) is 17.9. The third-order valence-electron chi connectivity index (χ3n) is 4.78. The second kappa shape index (κ2) is 11.3. The molecule has 0 aliphatic rings. The molecule has 0 spiro atoms. The van der Waals surface area contributed by atoms with Crippen molar-refractivity contribution in [2.45, 2.75) is 26.3 Å². The van der Waals surface area contributed by atoms with Crippen LogP contribution < -0.4 is 9.62 Å². The smallest absolute Gasteiger partial charge is 0.244 e. The molecule has 0 aromatic heterocycles. The second-order valence-electron chi connectivity index (χ2n) is 7.14. The molecule has 1 N–H and O–H groups in total. The van der Waals surface area contributed by atoms with Crippen molar-refractivity contribution in [3.8, 4) is 0 Å². The van der Waals surface area contributed by atoms with Crippen molar-refractivity contribution < 1.29 is 18.0 Å². The summed E-state index contributed by atoms with van der Waals surface area (Å²) in [6.45, 7) is 3.79. The molecule has 0 saturated heterocycles. The van der Waals surface area contributed by atoms with E-state index in [0.29, 0.717) is 23.1 Å². The maximum atomic E-state index is 13.3. The summed E-state index contributed by atoms with van der Waals surface area (Å²) in [6, 6.07) is 15.6. The minimum Gasteiger partial charge on any atom is -0.355 e. The average molecular weight is 510 g/mol. The van der Waals surface area contributed by atoms with E-state index in [1.54, 1.807) is 38.1 Å². The van der Waals surface area contributed by atoms with Crippen molar-refractivity contribution in [3.05, 3.63) is 64.6 Å². The van der Waals surface area contributed by atoms with Crippen LogP contribution in [0.4, 0.5) is 5.69 Å². The lowest BCUT2D eigenvalue weighted by Gasteiger charge is -2.31. The highest BCUT2D eigenvalue weighted by Crippen LogP contribution is 2.22. The molecule has 0 aliphatic carbocycles. The summed E-state index contributed by atoms with van der Waals surface area (Å²) in [7, 11) is -3.72. The normalized spacial score (nSPS) is 12.1. The highest BCUT2D eigenvalue weighted by Gasteiger charge is 2.29. The second-order valence-corrected chi connectivity index (χ2v) is 9.97. The molecule has 2 aromatic carbocycles. The van der Waals surface area contributed by atoms with Gasteiger partial charge in [-0.05, 0) is 44.0 Å². The molecule has 0 fully saturated rings. The molecule has 0 saturated carbocycles. The number of anilines is 1. The van der Waals surface area contributed by atoms with Gasteiger partial charge < -0.3 is 10.2 Å². The maximum absolute atomic E-state index is 13.3. The summed E-state index contributed by atoms with van der Waals surface area (Å²) in [4.78, 5) is 27.2. The Labute approximate surface area is 192 Å². The Morgan fingerprint density at radius 2 is 1.77 bits per heavy atom. The molecule has 1 unspecified atom stereocenters. The highest BCUT2D eigenvalue weighted by atomic mass is 79.9. The van der Waals surface area contributed by atoms with Crippen LogP contribution in [-0.4, -0.2) is 57.1 Å². The highest BCUT2D eigenvalue weighted by molar-refractivity contribution is 9.10. The number of benzene rings is 2. The van der Waals surface area contributed by atoms with Gasteiger partial charge in [0, 0.05) is 17.6 Å². The van der Waals surface area contributed by atoms with Gasteiger partial charge in [-0.1, -0.05) is 52.3 Å². The van der Waals surface area contributed by atoms with Crippen molar-refractivity contribution in [3.63, 3.8) is 0 Å². The van der Waals surface area contributed by atoms with Crippen molar-refractivity contribution in [2.24, 2.45) is 0 Å². The van der Waals surface area contributed by atoms with E-state index >= 15 is 0 Å². The number of amides is 2. The first-order valence-corrected chi connectivity index (χ1v) is 12.6. The molecule has 9 heteroatoms. The third kappa shape index (κ3) is 7.36. The topological polar surface area (TPSA) is 86.8 Å². The average Bonchev–Trinajstić information content (AvgIpc) is 2.72. The van der Waals surface area contributed by atoms with Gasteiger partial charge in [0.1, 0.15) is 12.6 Å². The largest absolute Gasteiger partial charge is 0.355 e. The van der Waals surface area contributed by atoms with Crippen LogP contribution in [0.5, 0.6) is 0 Å². The Morgan fingerprint density at radius 3 is 2.35 bits per heavy atom. The first-order chi connectivity index (χ1) is 14.6. The molecule has 2 aromatic rings. The number of rotatable bonds is 10. The molecule has 0 aliphatic heterocycles. The lowest BCUT2D eigenvalue weighted by Crippen LogP contribution is -2.52. The van der Waals surface area contributed by atoms with Crippen molar-refractivity contribution in [1.29, 1.82) is 0 Å². The first kappa shape index (κ1) is 24.9. The van der Waals surface area contributed by atoms with Gasteiger partial charge in [-0.25, -0.2) is 8.42 Å². The van der Waals surface area contributed by atoms with Crippen LogP contribution in [0.25, 0.3) is 0 Å². The molecule has 1 atom stereocenters. The van der Waals surface area contributed by atoms with E-state index in [1.807, 2.05) is 30.3 Å². The van der Waals surface area contributed by atoms with Gasteiger partial charge in [0.2, 0.25) is 21.8 Å².